The van der Waals surface area contributed by atoms with Crippen molar-refractivity contribution >= 4 is 15.9 Å². The van der Waals surface area contributed by atoms with Crippen molar-refractivity contribution in [3.05, 3.63) is 35.9 Å². The molecule has 1 saturated heterocycles. The maximum Gasteiger partial charge on any atom is 0.224 e. The van der Waals surface area contributed by atoms with Gasteiger partial charge in [-0.2, -0.15) is 4.31 Å². The molecule has 1 aliphatic heterocycles. The molecule has 0 N–H and O–H groups in total. The first kappa shape index (κ1) is 19.9. The molecular weight excluding hydrogens is 340 g/mol. The lowest BCUT2D eigenvalue weighted by molar-refractivity contribution is -0.131. The Hall–Kier alpha value is -1.44. The van der Waals surface area contributed by atoms with Gasteiger partial charge in [0.2, 0.25) is 15.9 Å². The van der Waals surface area contributed by atoms with Gasteiger partial charge < -0.3 is 9.64 Å². The largest absolute Gasteiger partial charge is 0.378 e. The van der Waals surface area contributed by atoms with Gasteiger partial charge in [-0.05, 0) is 18.4 Å². The Morgan fingerprint density at radius 3 is 2.72 bits per heavy atom. The Morgan fingerprint density at radius 2 is 2.04 bits per heavy atom. The van der Waals surface area contributed by atoms with Crippen LogP contribution in [0.4, 0.5) is 0 Å². The normalized spacial score (nSPS) is 18.9. The molecule has 0 unspecified atom stereocenters. The van der Waals surface area contributed by atoms with Crippen LogP contribution in [0.5, 0.6) is 0 Å². The summed E-state index contributed by atoms with van der Waals surface area (Å²) in [6, 6.07) is 9.59. The van der Waals surface area contributed by atoms with Crippen LogP contribution in [-0.4, -0.2) is 68.7 Å². The summed E-state index contributed by atoms with van der Waals surface area (Å²) >= 11 is 0. The van der Waals surface area contributed by atoms with Crippen LogP contribution >= 0.6 is 0 Å². The SMILES string of the molecule is CCCS(=O)(=O)N1CCOC[C@H]1CC(=O)N(C)CCc1ccccc1. The van der Waals surface area contributed by atoms with Crippen molar-refractivity contribution in [1.82, 2.24) is 9.21 Å². The summed E-state index contributed by atoms with van der Waals surface area (Å²) in [7, 11) is -1.56. The Labute approximate surface area is 150 Å². The molecule has 2 rings (SSSR count). The van der Waals surface area contributed by atoms with Crippen LogP contribution in [-0.2, 0) is 26.0 Å². The average Bonchev–Trinajstić information content (AvgIpc) is 2.60. The van der Waals surface area contributed by atoms with Gasteiger partial charge in [-0.25, -0.2) is 8.42 Å². The van der Waals surface area contributed by atoms with E-state index in [-0.39, 0.29) is 24.7 Å². The highest BCUT2D eigenvalue weighted by molar-refractivity contribution is 7.89. The average molecular weight is 368 g/mol. The highest BCUT2D eigenvalue weighted by Crippen LogP contribution is 2.17. The van der Waals surface area contributed by atoms with Crippen molar-refractivity contribution in [3.8, 4) is 0 Å². The first-order valence-electron chi connectivity index (χ1n) is 8.79. The molecule has 1 aromatic rings. The van der Waals surface area contributed by atoms with Crippen molar-refractivity contribution in [2.24, 2.45) is 0 Å². The summed E-state index contributed by atoms with van der Waals surface area (Å²) in [5, 5.41) is 0. The zero-order valence-corrected chi connectivity index (χ0v) is 15.9. The number of morpholine rings is 1. The number of sulfonamides is 1. The van der Waals surface area contributed by atoms with E-state index in [1.165, 1.54) is 9.87 Å². The van der Waals surface area contributed by atoms with Crippen molar-refractivity contribution in [2.45, 2.75) is 32.2 Å². The molecule has 6 nitrogen and oxygen atoms in total. The standard InChI is InChI=1S/C18H28N2O4S/c1-3-13-25(22,23)20-11-12-24-15-17(20)14-18(21)19(2)10-9-16-7-5-4-6-8-16/h4-8,17H,3,9-15H2,1-2H3/t17-/m1/s1. The van der Waals surface area contributed by atoms with Gasteiger partial charge in [-0.3, -0.25) is 4.79 Å². The number of nitrogens with zero attached hydrogens (tertiary/aromatic N) is 2. The molecule has 1 heterocycles. The molecular formula is C18H28N2O4S. The number of likely N-dealkylation sites (N-methyl/N-ethyl adjacent to an activating group) is 1. The molecule has 7 heteroatoms. The summed E-state index contributed by atoms with van der Waals surface area (Å²) < 4.78 is 31.7. The predicted octanol–water partition coefficient (Wildman–Crippen LogP) is 1.52. The van der Waals surface area contributed by atoms with Gasteiger partial charge >= 0.3 is 0 Å². The first-order chi connectivity index (χ1) is 11.9. The number of ether oxygens (including phenoxy) is 1. The molecule has 0 aliphatic carbocycles. The fourth-order valence-electron chi connectivity index (χ4n) is 2.97. The maximum absolute atomic E-state index is 12.5. The highest BCUT2D eigenvalue weighted by atomic mass is 32.2. The molecule has 0 aromatic heterocycles. The number of carbonyl (C=O) groups is 1. The van der Waals surface area contributed by atoms with Gasteiger partial charge in [0.1, 0.15) is 0 Å². The summed E-state index contributed by atoms with van der Waals surface area (Å²) in [6.45, 7) is 3.44. The first-order valence-corrected chi connectivity index (χ1v) is 10.4. The smallest absolute Gasteiger partial charge is 0.224 e. The number of hydrogen-bond acceptors (Lipinski definition) is 4. The van der Waals surface area contributed by atoms with Crippen molar-refractivity contribution in [2.75, 3.05) is 39.1 Å². The number of rotatable bonds is 8. The van der Waals surface area contributed by atoms with Crippen LogP contribution in [0.25, 0.3) is 0 Å². The second-order valence-electron chi connectivity index (χ2n) is 6.41. The Balaban J connectivity index is 1.92. The molecule has 0 bridgehead atoms. The topological polar surface area (TPSA) is 66.9 Å². The third kappa shape index (κ3) is 5.80. The van der Waals surface area contributed by atoms with Gasteiger partial charge in [0.05, 0.1) is 25.0 Å². The predicted molar refractivity (Wildman–Crippen MR) is 97.8 cm³/mol. The van der Waals surface area contributed by atoms with E-state index in [0.717, 1.165) is 6.42 Å². The number of hydrogen-bond donors (Lipinski definition) is 0. The minimum Gasteiger partial charge on any atom is -0.378 e. The Bertz CT molecular complexity index is 648. The number of benzene rings is 1. The van der Waals surface area contributed by atoms with E-state index >= 15 is 0 Å². The number of carbonyl (C=O) groups excluding carboxylic acids is 1. The molecule has 1 fully saturated rings. The molecule has 0 spiro atoms. The lowest BCUT2D eigenvalue weighted by Crippen LogP contribution is -2.51. The summed E-state index contributed by atoms with van der Waals surface area (Å²) in [6.07, 6.45) is 1.51. The van der Waals surface area contributed by atoms with Crippen LogP contribution in [0.15, 0.2) is 30.3 Å². The molecule has 0 radical (unpaired) electrons. The Morgan fingerprint density at radius 1 is 1.32 bits per heavy atom. The second kappa shape index (κ2) is 9.31. The number of amides is 1. The summed E-state index contributed by atoms with van der Waals surface area (Å²) in [4.78, 5) is 14.2. The van der Waals surface area contributed by atoms with Gasteiger partial charge in [0, 0.05) is 26.6 Å². The zero-order valence-electron chi connectivity index (χ0n) is 15.1. The van der Waals surface area contributed by atoms with Crippen LogP contribution < -0.4 is 0 Å². The van der Waals surface area contributed by atoms with E-state index in [4.69, 9.17) is 4.74 Å². The minimum absolute atomic E-state index is 0.0527. The monoisotopic (exact) mass is 368 g/mol. The lowest BCUT2D eigenvalue weighted by Gasteiger charge is -2.35. The van der Waals surface area contributed by atoms with E-state index in [1.807, 2.05) is 37.3 Å². The van der Waals surface area contributed by atoms with Crippen molar-refractivity contribution < 1.29 is 17.9 Å². The van der Waals surface area contributed by atoms with Crippen LogP contribution in [0.2, 0.25) is 0 Å². The van der Waals surface area contributed by atoms with Gasteiger partial charge in [0.15, 0.2) is 0 Å². The highest BCUT2D eigenvalue weighted by Gasteiger charge is 2.34. The van der Waals surface area contributed by atoms with Gasteiger partial charge in [-0.15, -0.1) is 0 Å². The Kier molecular flexibility index (Phi) is 7.40. The molecule has 140 valence electrons. The van der Waals surface area contributed by atoms with Crippen LogP contribution in [0.1, 0.15) is 25.3 Å². The molecule has 1 atom stereocenters. The van der Waals surface area contributed by atoms with Crippen LogP contribution in [0, 0.1) is 0 Å². The summed E-state index contributed by atoms with van der Waals surface area (Å²) in [5.41, 5.74) is 1.18. The quantitative estimate of drug-likeness (QED) is 0.698. The van der Waals surface area contributed by atoms with E-state index in [2.05, 4.69) is 0 Å². The van der Waals surface area contributed by atoms with Crippen molar-refractivity contribution in [1.29, 1.82) is 0 Å². The third-order valence-electron chi connectivity index (χ3n) is 4.41. The van der Waals surface area contributed by atoms with E-state index in [9.17, 15) is 13.2 Å². The molecule has 1 aromatic carbocycles. The minimum atomic E-state index is -3.33. The third-order valence-corrected chi connectivity index (χ3v) is 6.53. The van der Waals surface area contributed by atoms with E-state index < -0.39 is 16.1 Å². The zero-order chi connectivity index (χ0) is 18.3. The lowest BCUT2D eigenvalue weighted by atomic mass is 10.1. The van der Waals surface area contributed by atoms with Gasteiger partial charge in [-0.1, -0.05) is 37.3 Å². The molecule has 0 saturated carbocycles. The van der Waals surface area contributed by atoms with E-state index in [0.29, 0.717) is 26.1 Å². The summed E-state index contributed by atoms with van der Waals surface area (Å²) in [5.74, 6) is 0.0600. The van der Waals surface area contributed by atoms with Crippen LogP contribution in [0.3, 0.4) is 0 Å². The second-order valence-corrected chi connectivity index (χ2v) is 8.45. The fraction of sp³-hybridized carbons (Fsp3) is 0.611. The molecule has 1 amide bonds. The fourth-order valence-corrected chi connectivity index (χ4v) is 4.66. The van der Waals surface area contributed by atoms with Crippen molar-refractivity contribution in [3.63, 3.8) is 0 Å². The maximum atomic E-state index is 12.5. The molecule has 1 aliphatic rings. The van der Waals surface area contributed by atoms with Gasteiger partial charge in [0.25, 0.3) is 0 Å². The van der Waals surface area contributed by atoms with E-state index in [1.54, 1.807) is 11.9 Å². The molecule has 25 heavy (non-hydrogen) atoms.